The fourth-order valence-corrected chi connectivity index (χ4v) is 9.72. The summed E-state index contributed by atoms with van der Waals surface area (Å²) < 4.78 is 0. The minimum atomic E-state index is -0.0919. The Bertz CT molecular complexity index is 2620. The number of rotatable bonds is 7. The van der Waals surface area contributed by atoms with E-state index in [-0.39, 0.29) is 5.41 Å². The van der Waals surface area contributed by atoms with Gasteiger partial charge in [-0.3, -0.25) is 0 Å². The highest BCUT2D eigenvalue weighted by molar-refractivity contribution is 5.96. The molecule has 1 heteroatoms. The standard InChI is InChI=1S/C55H47N/c1-55(2)52-24-13-12-21-50(52)51-34-33-47(37-53(51)55)56(46-32-29-43-35-42(25-26-44(43)36-46)38-15-6-3-7-16-38)45-30-27-41(28-31-45)54-48(39-17-8-4-9-18-39)22-14-23-49(54)40-19-10-5-11-20-40/h4-5,8-14,17-38H,3,6-7,15-16H2,1-2H3. The summed E-state index contributed by atoms with van der Waals surface area (Å²) in [5.74, 6) is 0.691. The smallest absolute Gasteiger partial charge is 0.0468 e. The second-order valence-corrected chi connectivity index (χ2v) is 16.4. The zero-order valence-electron chi connectivity index (χ0n) is 32.4. The number of hydrogen-bond donors (Lipinski definition) is 0. The van der Waals surface area contributed by atoms with Crippen molar-refractivity contribution in [2.75, 3.05) is 4.90 Å². The molecule has 56 heavy (non-hydrogen) atoms. The van der Waals surface area contributed by atoms with Gasteiger partial charge in [-0.05, 0) is 127 Å². The average Bonchev–Trinajstić information content (AvgIpc) is 3.49. The average molecular weight is 722 g/mol. The van der Waals surface area contributed by atoms with E-state index >= 15 is 0 Å². The van der Waals surface area contributed by atoms with Gasteiger partial charge in [-0.25, -0.2) is 0 Å². The van der Waals surface area contributed by atoms with Crippen molar-refractivity contribution < 1.29 is 0 Å². The Kier molecular flexibility index (Phi) is 8.67. The number of benzene rings is 8. The Morgan fingerprint density at radius 3 is 1.68 bits per heavy atom. The summed E-state index contributed by atoms with van der Waals surface area (Å²) >= 11 is 0. The quantitative estimate of drug-likeness (QED) is 0.158. The second kappa shape index (κ2) is 14.2. The molecule has 0 heterocycles. The molecule has 10 rings (SSSR count). The highest BCUT2D eigenvalue weighted by Gasteiger charge is 2.35. The van der Waals surface area contributed by atoms with Crippen molar-refractivity contribution in [3.63, 3.8) is 0 Å². The van der Waals surface area contributed by atoms with Gasteiger partial charge >= 0.3 is 0 Å². The summed E-state index contributed by atoms with van der Waals surface area (Å²) in [6.45, 7) is 4.74. The van der Waals surface area contributed by atoms with E-state index in [1.807, 2.05) is 0 Å². The summed E-state index contributed by atoms with van der Waals surface area (Å²) in [7, 11) is 0. The van der Waals surface area contributed by atoms with Crippen molar-refractivity contribution >= 4 is 27.8 Å². The van der Waals surface area contributed by atoms with Crippen molar-refractivity contribution in [1.82, 2.24) is 0 Å². The highest BCUT2D eigenvalue weighted by Crippen LogP contribution is 2.51. The van der Waals surface area contributed by atoms with Gasteiger partial charge < -0.3 is 4.90 Å². The third-order valence-corrected chi connectivity index (χ3v) is 12.7. The molecule has 2 aliphatic rings. The van der Waals surface area contributed by atoms with Crippen LogP contribution in [0.25, 0.3) is 55.3 Å². The Morgan fingerprint density at radius 2 is 0.964 bits per heavy atom. The molecular formula is C55H47N. The maximum atomic E-state index is 2.46. The molecule has 1 saturated carbocycles. The van der Waals surface area contributed by atoms with E-state index in [9.17, 15) is 0 Å². The highest BCUT2D eigenvalue weighted by atomic mass is 15.1. The summed E-state index contributed by atoms with van der Waals surface area (Å²) in [6, 6.07) is 67.9. The molecule has 0 atom stereocenters. The minimum absolute atomic E-state index is 0.0919. The first kappa shape index (κ1) is 34.3. The lowest BCUT2D eigenvalue weighted by molar-refractivity contribution is 0.444. The summed E-state index contributed by atoms with van der Waals surface area (Å²) in [5, 5.41) is 2.60. The third-order valence-electron chi connectivity index (χ3n) is 12.7. The molecule has 8 aromatic carbocycles. The van der Waals surface area contributed by atoms with Crippen molar-refractivity contribution in [2.24, 2.45) is 0 Å². The van der Waals surface area contributed by atoms with Gasteiger partial charge in [0.25, 0.3) is 0 Å². The molecule has 8 aromatic rings. The lowest BCUT2D eigenvalue weighted by atomic mass is 9.82. The Hall–Kier alpha value is -6.18. The van der Waals surface area contributed by atoms with E-state index in [1.54, 1.807) is 0 Å². The van der Waals surface area contributed by atoms with Crippen LogP contribution in [-0.2, 0) is 5.41 Å². The number of nitrogens with zero attached hydrogens (tertiary/aromatic N) is 1. The molecule has 0 bridgehead atoms. The molecule has 1 fully saturated rings. The first-order valence-electron chi connectivity index (χ1n) is 20.5. The zero-order valence-corrected chi connectivity index (χ0v) is 32.4. The largest absolute Gasteiger partial charge is 0.310 e. The van der Waals surface area contributed by atoms with E-state index in [0.717, 1.165) is 5.69 Å². The van der Waals surface area contributed by atoms with E-state index < -0.39 is 0 Å². The first-order chi connectivity index (χ1) is 27.5. The molecule has 0 spiro atoms. The molecule has 0 amide bonds. The lowest BCUT2D eigenvalue weighted by Crippen LogP contribution is -2.16. The van der Waals surface area contributed by atoms with Gasteiger partial charge in [0, 0.05) is 22.5 Å². The van der Waals surface area contributed by atoms with Gasteiger partial charge in [0.05, 0.1) is 0 Å². The van der Waals surface area contributed by atoms with Crippen LogP contribution in [0.4, 0.5) is 17.1 Å². The Balaban J connectivity index is 1.11. The fraction of sp³-hybridized carbons (Fsp3) is 0.164. The molecule has 2 aliphatic carbocycles. The molecule has 1 nitrogen and oxygen atoms in total. The third kappa shape index (κ3) is 6.03. The van der Waals surface area contributed by atoms with Crippen molar-refractivity contribution in [3.8, 4) is 44.5 Å². The van der Waals surface area contributed by atoms with Crippen molar-refractivity contribution in [3.05, 3.63) is 199 Å². The van der Waals surface area contributed by atoms with Crippen LogP contribution in [0.5, 0.6) is 0 Å². The van der Waals surface area contributed by atoms with Crippen LogP contribution in [0.1, 0.15) is 68.6 Å². The van der Waals surface area contributed by atoms with Gasteiger partial charge in [0.2, 0.25) is 0 Å². The van der Waals surface area contributed by atoms with Crippen LogP contribution in [0.3, 0.4) is 0 Å². The molecule has 0 unspecified atom stereocenters. The van der Waals surface area contributed by atoms with E-state index in [1.165, 1.54) is 115 Å². The van der Waals surface area contributed by atoms with Gasteiger partial charge in [-0.1, -0.05) is 179 Å². The lowest BCUT2D eigenvalue weighted by Gasteiger charge is -2.29. The van der Waals surface area contributed by atoms with E-state index in [4.69, 9.17) is 0 Å². The first-order valence-corrected chi connectivity index (χ1v) is 20.5. The van der Waals surface area contributed by atoms with E-state index in [2.05, 4.69) is 201 Å². The summed E-state index contributed by atoms with van der Waals surface area (Å²) in [6.07, 6.45) is 6.71. The van der Waals surface area contributed by atoms with Crippen LogP contribution in [0, 0.1) is 0 Å². The normalized spacial score (nSPS) is 14.7. The topological polar surface area (TPSA) is 3.24 Å². The SMILES string of the molecule is CC1(C)c2ccccc2-c2ccc(N(c3ccc(-c4c(-c5ccccc5)cccc4-c4ccccc4)cc3)c3ccc4cc(C5CCCCC5)ccc4c3)cc21. The van der Waals surface area contributed by atoms with Crippen LogP contribution < -0.4 is 4.90 Å². The molecular weight excluding hydrogens is 675 g/mol. The van der Waals surface area contributed by atoms with Crippen molar-refractivity contribution in [2.45, 2.75) is 57.3 Å². The number of hydrogen-bond acceptors (Lipinski definition) is 1. The monoisotopic (exact) mass is 721 g/mol. The van der Waals surface area contributed by atoms with Crippen LogP contribution in [0.2, 0.25) is 0 Å². The minimum Gasteiger partial charge on any atom is -0.310 e. The predicted octanol–water partition coefficient (Wildman–Crippen LogP) is 15.7. The van der Waals surface area contributed by atoms with Gasteiger partial charge in [0.15, 0.2) is 0 Å². The van der Waals surface area contributed by atoms with E-state index in [0.29, 0.717) is 5.92 Å². The summed E-state index contributed by atoms with van der Waals surface area (Å²) in [5.41, 5.74) is 17.7. The van der Waals surface area contributed by atoms with Crippen LogP contribution in [-0.4, -0.2) is 0 Å². The maximum Gasteiger partial charge on any atom is 0.0468 e. The van der Waals surface area contributed by atoms with Crippen molar-refractivity contribution in [1.29, 1.82) is 0 Å². The summed E-state index contributed by atoms with van der Waals surface area (Å²) in [4.78, 5) is 2.46. The van der Waals surface area contributed by atoms with Gasteiger partial charge in [-0.2, -0.15) is 0 Å². The van der Waals surface area contributed by atoms with Gasteiger partial charge in [0.1, 0.15) is 0 Å². The van der Waals surface area contributed by atoms with Crippen LogP contribution in [0.15, 0.2) is 182 Å². The predicted molar refractivity (Wildman–Crippen MR) is 238 cm³/mol. The number of fused-ring (bicyclic) bond motifs is 4. The van der Waals surface area contributed by atoms with Crippen LogP contribution >= 0.6 is 0 Å². The molecule has 0 aromatic heterocycles. The second-order valence-electron chi connectivity index (χ2n) is 16.4. The molecule has 0 radical (unpaired) electrons. The fourth-order valence-electron chi connectivity index (χ4n) is 9.72. The Morgan fingerprint density at radius 1 is 0.411 bits per heavy atom. The molecule has 0 saturated heterocycles. The Labute approximate surface area is 331 Å². The zero-order chi connectivity index (χ0) is 37.6. The molecule has 0 aliphatic heterocycles. The molecule has 272 valence electrons. The molecule has 0 N–H and O–H groups in total. The van der Waals surface area contributed by atoms with Gasteiger partial charge in [-0.15, -0.1) is 0 Å². The number of anilines is 3. The maximum absolute atomic E-state index is 2.46.